The maximum atomic E-state index is 12.8. The summed E-state index contributed by atoms with van der Waals surface area (Å²) in [5.41, 5.74) is 2.63. The SMILES string of the molecule is CCN(CC)CCCNC(=O)[C@@H]1CCCN(c2nc3c(-c4ccccc4)csc3c(=O)[nH]2)C1. The molecule has 0 radical (unpaired) electrons. The fourth-order valence-corrected chi connectivity index (χ4v) is 5.38. The number of carbonyl (C=O) groups excluding carboxylic acids is 1. The monoisotopic (exact) mass is 467 g/mol. The molecule has 1 atom stereocenters. The maximum absolute atomic E-state index is 12.8. The number of rotatable bonds is 9. The predicted molar refractivity (Wildman–Crippen MR) is 136 cm³/mol. The van der Waals surface area contributed by atoms with Crippen LogP contribution in [0.25, 0.3) is 21.3 Å². The number of hydrogen-bond acceptors (Lipinski definition) is 6. The molecule has 3 heterocycles. The van der Waals surface area contributed by atoms with Gasteiger partial charge < -0.3 is 15.1 Å². The number of anilines is 1. The van der Waals surface area contributed by atoms with Crippen molar-refractivity contribution < 1.29 is 4.79 Å². The second kappa shape index (κ2) is 10.9. The molecule has 1 fully saturated rings. The van der Waals surface area contributed by atoms with Crippen LogP contribution in [0.2, 0.25) is 0 Å². The van der Waals surface area contributed by atoms with E-state index in [9.17, 15) is 9.59 Å². The lowest BCUT2D eigenvalue weighted by atomic mass is 9.97. The van der Waals surface area contributed by atoms with Crippen molar-refractivity contribution in [2.75, 3.05) is 44.2 Å². The van der Waals surface area contributed by atoms with Crippen LogP contribution in [0.4, 0.5) is 5.95 Å². The average molecular weight is 468 g/mol. The van der Waals surface area contributed by atoms with Crippen LogP contribution in [-0.2, 0) is 4.79 Å². The maximum Gasteiger partial charge on any atom is 0.270 e. The minimum atomic E-state index is -0.120. The number of amides is 1. The van der Waals surface area contributed by atoms with Gasteiger partial charge in [0.05, 0.1) is 11.4 Å². The fraction of sp³-hybridized carbons (Fsp3) is 0.480. The summed E-state index contributed by atoms with van der Waals surface area (Å²) in [4.78, 5) is 37.8. The van der Waals surface area contributed by atoms with Crippen molar-refractivity contribution in [1.82, 2.24) is 20.2 Å². The van der Waals surface area contributed by atoms with Gasteiger partial charge in [-0.1, -0.05) is 44.2 Å². The van der Waals surface area contributed by atoms with Gasteiger partial charge in [-0.3, -0.25) is 14.6 Å². The number of thiophene rings is 1. The quantitative estimate of drug-likeness (QED) is 0.469. The molecule has 8 heteroatoms. The zero-order valence-corrected chi connectivity index (χ0v) is 20.3. The first kappa shape index (κ1) is 23.4. The van der Waals surface area contributed by atoms with Gasteiger partial charge in [0.25, 0.3) is 5.56 Å². The Morgan fingerprint density at radius 2 is 2.06 bits per heavy atom. The third-order valence-corrected chi connectivity index (χ3v) is 7.40. The number of aromatic nitrogens is 2. The van der Waals surface area contributed by atoms with E-state index in [0.29, 0.717) is 23.7 Å². The Hall–Kier alpha value is -2.71. The number of hydrogen-bond donors (Lipinski definition) is 2. The Morgan fingerprint density at radius 3 is 2.82 bits per heavy atom. The minimum absolute atomic E-state index is 0.0933. The summed E-state index contributed by atoms with van der Waals surface area (Å²) in [5, 5.41) is 5.11. The molecule has 1 aliphatic rings. The minimum Gasteiger partial charge on any atom is -0.356 e. The van der Waals surface area contributed by atoms with Gasteiger partial charge >= 0.3 is 0 Å². The van der Waals surface area contributed by atoms with Crippen molar-refractivity contribution in [2.45, 2.75) is 33.1 Å². The highest BCUT2D eigenvalue weighted by Crippen LogP contribution is 2.32. The summed E-state index contributed by atoms with van der Waals surface area (Å²) in [6.07, 6.45) is 2.71. The number of H-pyrrole nitrogens is 1. The van der Waals surface area contributed by atoms with E-state index in [4.69, 9.17) is 4.98 Å². The standard InChI is InChI=1S/C25H33N5O2S/c1-3-29(4-2)14-9-13-26-23(31)19-12-8-15-30(16-19)25-27-21-20(18-10-6-5-7-11-18)17-33-22(21)24(32)28-25/h5-7,10-11,17,19H,3-4,8-9,12-16H2,1-2H3,(H,26,31)(H,27,28,32)/t19-/m1/s1. The third-order valence-electron chi connectivity index (χ3n) is 6.44. The molecule has 2 aromatic heterocycles. The van der Waals surface area contributed by atoms with E-state index in [0.717, 1.165) is 62.1 Å². The lowest BCUT2D eigenvalue weighted by Crippen LogP contribution is -2.44. The van der Waals surface area contributed by atoms with Crippen LogP contribution in [0.5, 0.6) is 0 Å². The van der Waals surface area contributed by atoms with Crippen LogP contribution in [-0.4, -0.2) is 60.0 Å². The summed E-state index contributed by atoms with van der Waals surface area (Å²) in [5.74, 6) is 0.564. The molecule has 1 aliphatic heterocycles. The molecule has 7 nitrogen and oxygen atoms in total. The lowest BCUT2D eigenvalue weighted by Gasteiger charge is -2.32. The van der Waals surface area contributed by atoms with Gasteiger partial charge in [0.15, 0.2) is 0 Å². The molecular weight excluding hydrogens is 434 g/mol. The van der Waals surface area contributed by atoms with Gasteiger partial charge in [-0.15, -0.1) is 11.3 Å². The van der Waals surface area contributed by atoms with Crippen molar-refractivity contribution in [3.8, 4) is 11.1 Å². The smallest absolute Gasteiger partial charge is 0.270 e. The van der Waals surface area contributed by atoms with Crippen molar-refractivity contribution >= 4 is 33.4 Å². The van der Waals surface area contributed by atoms with E-state index in [1.54, 1.807) is 0 Å². The van der Waals surface area contributed by atoms with Crippen molar-refractivity contribution in [1.29, 1.82) is 0 Å². The molecule has 0 bridgehead atoms. The highest BCUT2D eigenvalue weighted by atomic mass is 32.1. The number of piperidine rings is 1. The largest absolute Gasteiger partial charge is 0.356 e. The highest BCUT2D eigenvalue weighted by Gasteiger charge is 2.27. The number of nitrogens with zero attached hydrogens (tertiary/aromatic N) is 3. The Balaban J connectivity index is 1.45. The molecule has 0 spiro atoms. The van der Waals surface area contributed by atoms with Crippen LogP contribution < -0.4 is 15.8 Å². The van der Waals surface area contributed by atoms with Crippen LogP contribution in [0.15, 0.2) is 40.5 Å². The van der Waals surface area contributed by atoms with E-state index >= 15 is 0 Å². The molecular formula is C25H33N5O2S. The van der Waals surface area contributed by atoms with E-state index in [1.807, 2.05) is 35.7 Å². The van der Waals surface area contributed by atoms with Crippen LogP contribution in [0.3, 0.4) is 0 Å². The summed E-state index contributed by atoms with van der Waals surface area (Å²) in [6.45, 7) is 9.44. The molecule has 2 N–H and O–H groups in total. The molecule has 1 aromatic carbocycles. The summed E-state index contributed by atoms with van der Waals surface area (Å²) in [6, 6.07) is 10.0. The molecule has 3 aromatic rings. The third kappa shape index (κ3) is 5.45. The zero-order valence-electron chi connectivity index (χ0n) is 19.5. The average Bonchev–Trinajstić information content (AvgIpc) is 3.29. The molecule has 33 heavy (non-hydrogen) atoms. The second-order valence-electron chi connectivity index (χ2n) is 8.54. The molecule has 4 rings (SSSR count). The topological polar surface area (TPSA) is 81.3 Å². The number of aromatic amines is 1. The van der Waals surface area contributed by atoms with Gasteiger partial charge in [0.2, 0.25) is 11.9 Å². The van der Waals surface area contributed by atoms with Gasteiger partial charge in [0.1, 0.15) is 4.70 Å². The molecule has 1 saturated heterocycles. The Bertz CT molecular complexity index is 1120. The van der Waals surface area contributed by atoms with Gasteiger partial charge in [0, 0.05) is 30.6 Å². The summed E-state index contributed by atoms with van der Waals surface area (Å²) >= 11 is 1.42. The van der Waals surface area contributed by atoms with E-state index in [2.05, 4.69) is 33.9 Å². The van der Waals surface area contributed by atoms with E-state index in [-0.39, 0.29) is 17.4 Å². The Morgan fingerprint density at radius 1 is 1.27 bits per heavy atom. The first-order valence-corrected chi connectivity index (χ1v) is 12.8. The van der Waals surface area contributed by atoms with Gasteiger partial charge in [-0.2, -0.15) is 0 Å². The molecule has 1 amide bonds. The lowest BCUT2D eigenvalue weighted by molar-refractivity contribution is -0.125. The zero-order chi connectivity index (χ0) is 23.2. The fourth-order valence-electron chi connectivity index (χ4n) is 4.47. The second-order valence-corrected chi connectivity index (χ2v) is 9.42. The highest BCUT2D eigenvalue weighted by molar-refractivity contribution is 7.17. The number of nitrogens with one attached hydrogen (secondary N) is 2. The van der Waals surface area contributed by atoms with Crippen molar-refractivity contribution in [3.05, 3.63) is 46.1 Å². The van der Waals surface area contributed by atoms with Gasteiger partial charge in [-0.25, -0.2) is 4.98 Å². The molecule has 0 saturated carbocycles. The van der Waals surface area contributed by atoms with Crippen molar-refractivity contribution in [3.63, 3.8) is 0 Å². The summed E-state index contributed by atoms with van der Waals surface area (Å²) in [7, 11) is 0. The van der Waals surface area contributed by atoms with Crippen LogP contribution in [0, 0.1) is 5.92 Å². The first-order valence-electron chi connectivity index (χ1n) is 11.9. The molecule has 0 unspecified atom stereocenters. The molecule has 176 valence electrons. The number of benzene rings is 1. The Kier molecular flexibility index (Phi) is 7.77. The van der Waals surface area contributed by atoms with Gasteiger partial charge in [-0.05, 0) is 44.5 Å². The van der Waals surface area contributed by atoms with Crippen LogP contribution >= 0.6 is 11.3 Å². The molecule has 0 aliphatic carbocycles. The van der Waals surface area contributed by atoms with E-state index < -0.39 is 0 Å². The van der Waals surface area contributed by atoms with Crippen molar-refractivity contribution in [2.24, 2.45) is 5.92 Å². The number of fused-ring (bicyclic) bond motifs is 1. The summed E-state index contributed by atoms with van der Waals surface area (Å²) < 4.78 is 0.636. The predicted octanol–water partition coefficient (Wildman–Crippen LogP) is 3.72. The first-order chi connectivity index (χ1) is 16.1. The Labute approximate surface area is 198 Å². The normalized spacial score (nSPS) is 16.5. The van der Waals surface area contributed by atoms with E-state index in [1.165, 1.54) is 11.3 Å². The van der Waals surface area contributed by atoms with Crippen LogP contribution in [0.1, 0.15) is 33.1 Å². The number of carbonyl (C=O) groups is 1.